The lowest BCUT2D eigenvalue weighted by molar-refractivity contribution is -0.133. The van der Waals surface area contributed by atoms with Crippen LogP contribution in [0.4, 0.5) is 0 Å². The van der Waals surface area contributed by atoms with Crippen LogP contribution in [0.25, 0.3) is 10.9 Å². The molecule has 0 saturated carbocycles. The number of nitrogens with zero attached hydrogens (tertiary/aromatic N) is 2. The van der Waals surface area contributed by atoms with E-state index in [4.69, 9.17) is 9.84 Å². The number of aliphatic carboxylic acids is 1. The van der Waals surface area contributed by atoms with Gasteiger partial charge in [-0.1, -0.05) is 27.7 Å². The van der Waals surface area contributed by atoms with Gasteiger partial charge in [-0.25, -0.2) is 9.97 Å². The highest BCUT2D eigenvalue weighted by Gasteiger charge is 2.10. The first kappa shape index (κ1) is 14.2. The van der Waals surface area contributed by atoms with Gasteiger partial charge in [-0.3, -0.25) is 4.79 Å². The normalized spacial score (nSPS) is 10.8. The van der Waals surface area contributed by atoms with Crippen LogP contribution in [0, 0.1) is 0 Å². The number of halogens is 1. The zero-order valence-corrected chi connectivity index (χ0v) is 12.5. The maximum atomic E-state index is 10.7. The van der Waals surface area contributed by atoms with E-state index in [0.717, 1.165) is 15.4 Å². The molecule has 1 N–H and O–H groups in total. The quantitative estimate of drug-likeness (QED) is 0.665. The summed E-state index contributed by atoms with van der Waals surface area (Å²) >= 11 is 4.57. The molecular weight excluding hydrogens is 332 g/mol. The predicted molar refractivity (Wildman–Crippen MR) is 76.3 cm³/mol. The molecule has 7 heteroatoms. The molecule has 0 aliphatic carbocycles. The minimum atomic E-state index is -0.875. The first-order valence-electron chi connectivity index (χ1n) is 5.40. The van der Waals surface area contributed by atoms with Gasteiger partial charge in [0.1, 0.15) is 11.6 Å². The number of carbonyl (C=O) groups is 1. The highest BCUT2D eigenvalue weighted by molar-refractivity contribution is 9.10. The molecule has 0 fully saturated rings. The summed E-state index contributed by atoms with van der Waals surface area (Å²) in [4.78, 5) is 19.4. The molecule has 100 valence electrons. The highest BCUT2D eigenvalue weighted by Crippen LogP contribution is 2.27. The second-order valence-electron chi connectivity index (χ2n) is 3.72. The Morgan fingerprint density at radius 2 is 2.26 bits per heavy atom. The number of carboxylic acid groups (broad SMARTS) is 1. The SMILES string of the molecule is COCc1nc(SCC(=O)O)c2cc(Br)ccc2n1. The third-order valence-electron chi connectivity index (χ3n) is 2.27. The Morgan fingerprint density at radius 1 is 1.47 bits per heavy atom. The van der Waals surface area contributed by atoms with Crippen LogP contribution in [0.2, 0.25) is 0 Å². The summed E-state index contributed by atoms with van der Waals surface area (Å²) < 4.78 is 5.92. The number of thioether (sulfide) groups is 1. The molecule has 0 unspecified atom stereocenters. The van der Waals surface area contributed by atoms with Crippen molar-refractivity contribution in [1.29, 1.82) is 0 Å². The molecule has 0 aliphatic heterocycles. The molecular formula is C12H11BrN2O3S. The van der Waals surface area contributed by atoms with Crippen LogP contribution in [0.3, 0.4) is 0 Å². The average molecular weight is 343 g/mol. The van der Waals surface area contributed by atoms with Crippen molar-refractivity contribution in [2.24, 2.45) is 0 Å². The Bertz CT molecular complexity index is 621. The molecule has 0 radical (unpaired) electrons. The molecule has 0 saturated heterocycles. The summed E-state index contributed by atoms with van der Waals surface area (Å²) in [6.45, 7) is 0.298. The summed E-state index contributed by atoms with van der Waals surface area (Å²) in [5.41, 5.74) is 0.776. The summed E-state index contributed by atoms with van der Waals surface area (Å²) in [6.07, 6.45) is 0. The Hall–Kier alpha value is -1.18. The van der Waals surface area contributed by atoms with Crippen LogP contribution in [-0.4, -0.2) is 33.9 Å². The third kappa shape index (κ3) is 3.65. The summed E-state index contributed by atoms with van der Waals surface area (Å²) in [5.74, 6) is -0.365. The molecule has 19 heavy (non-hydrogen) atoms. The standard InChI is InChI=1S/C12H11BrN2O3S/c1-18-5-10-14-9-3-2-7(13)4-8(9)12(15-10)19-6-11(16)17/h2-4H,5-6H2,1H3,(H,16,17). The maximum Gasteiger partial charge on any atom is 0.313 e. The third-order valence-corrected chi connectivity index (χ3v) is 3.74. The van der Waals surface area contributed by atoms with Crippen LogP contribution < -0.4 is 0 Å². The fourth-order valence-corrected chi connectivity index (χ4v) is 2.66. The van der Waals surface area contributed by atoms with Crippen molar-refractivity contribution >= 4 is 44.6 Å². The van der Waals surface area contributed by atoms with Crippen LogP contribution in [0.15, 0.2) is 27.7 Å². The zero-order chi connectivity index (χ0) is 13.8. The minimum Gasteiger partial charge on any atom is -0.481 e. The van der Waals surface area contributed by atoms with Gasteiger partial charge < -0.3 is 9.84 Å². The molecule has 0 amide bonds. The zero-order valence-electron chi connectivity index (χ0n) is 10.1. The molecule has 0 bridgehead atoms. The predicted octanol–water partition coefficient (Wildman–Crippen LogP) is 2.72. The molecule has 1 heterocycles. The van der Waals surface area contributed by atoms with Gasteiger partial charge >= 0.3 is 5.97 Å². The lowest BCUT2D eigenvalue weighted by atomic mass is 10.2. The van der Waals surface area contributed by atoms with Crippen LogP contribution >= 0.6 is 27.7 Å². The van der Waals surface area contributed by atoms with Crippen molar-refractivity contribution in [1.82, 2.24) is 9.97 Å². The van der Waals surface area contributed by atoms with E-state index < -0.39 is 5.97 Å². The first-order valence-corrected chi connectivity index (χ1v) is 7.17. The summed E-state index contributed by atoms with van der Waals surface area (Å²) in [7, 11) is 1.57. The van der Waals surface area contributed by atoms with Gasteiger partial charge in [-0.2, -0.15) is 0 Å². The van der Waals surface area contributed by atoms with Gasteiger partial charge in [0.05, 0.1) is 11.3 Å². The summed E-state index contributed by atoms with van der Waals surface area (Å²) in [5, 5.41) is 10.3. The molecule has 2 aromatic rings. The highest BCUT2D eigenvalue weighted by atomic mass is 79.9. The molecule has 0 spiro atoms. The van der Waals surface area contributed by atoms with Crippen molar-refractivity contribution in [2.75, 3.05) is 12.9 Å². The fraction of sp³-hybridized carbons (Fsp3) is 0.250. The fourth-order valence-electron chi connectivity index (χ4n) is 1.55. The second kappa shape index (κ2) is 6.31. The smallest absolute Gasteiger partial charge is 0.313 e. The molecule has 2 rings (SSSR count). The molecule has 0 aliphatic rings. The monoisotopic (exact) mass is 342 g/mol. The topological polar surface area (TPSA) is 72.3 Å². The van der Waals surface area contributed by atoms with Crippen LogP contribution in [-0.2, 0) is 16.1 Å². The Balaban J connectivity index is 2.48. The molecule has 0 atom stereocenters. The number of hydrogen-bond donors (Lipinski definition) is 1. The van der Waals surface area contributed by atoms with Crippen molar-refractivity contribution in [3.63, 3.8) is 0 Å². The Labute approximate surface area is 122 Å². The molecule has 1 aromatic heterocycles. The minimum absolute atomic E-state index is 0.0367. The van der Waals surface area contributed by atoms with Gasteiger partial charge in [-0.05, 0) is 18.2 Å². The number of ether oxygens (including phenoxy) is 1. The van der Waals surface area contributed by atoms with Gasteiger partial charge in [0, 0.05) is 17.0 Å². The second-order valence-corrected chi connectivity index (χ2v) is 5.60. The molecule has 5 nitrogen and oxygen atoms in total. The first-order chi connectivity index (χ1) is 9.10. The van der Waals surface area contributed by atoms with E-state index in [9.17, 15) is 4.79 Å². The number of rotatable bonds is 5. The number of fused-ring (bicyclic) bond motifs is 1. The van der Waals surface area contributed by atoms with E-state index in [1.165, 1.54) is 11.8 Å². The van der Waals surface area contributed by atoms with Gasteiger partial charge in [0.2, 0.25) is 0 Å². The number of aromatic nitrogens is 2. The largest absolute Gasteiger partial charge is 0.481 e. The van der Waals surface area contributed by atoms with E-state index in [0.29, 0.717) is 17.5 Å². The average Bonchev–Trinajstić information content (AvgIpc) is 2.37. The van der Waals surface area contributed by atoms with Crippen molar-refractivity contribution in [2.45, 2.75) is 11.6 Å². The van der Waals surface area contributed by atoms with Crippen LogP contribution in [0.5, 0.6) is 0 Å². The van der Waals surface area contributed by atoms with E-state index in [1.54, 1.807) is 7.11 Å². The number of hydrogen-bond acceptors (Lipinski definition) is 5. The molecule has 1 aromatic carbocycles. The maximum absolute atomic E-state index is 10.7. The van der Waals surface area contributed by atoms with Crippen molar-refractivity contribution in [3.05, 3.63) is 28.5 Å². The Morgan fingerprint density at radius 3 is 2.95 bits per heavy atom. The van der Waals surface area contributed by atoms with Gasteiger partial charge in [0.15, 0.2) is 5.82 Å². The van der Waals surface area contributed by atoms with Crippen molar-refractivity contribution in [3.8, 4) is 0 Å². The van der Waals surface area contributed by atoms with E-state index in [-0.39, 0.29) is 5.75 Å². The van der Waals surface area contributed by atoms with E-state index >= 15 is 0 Å². The van der Waals surface area contributed by atoms with E-state index in [1.807, 2.05) is 18.2 Å². The number of methoxy groups -OCH3 is 1. The van der Waals surface area contributed by atoms with Crippen LogP contribution in [0.1, 0.15) is 5.82 Å². The Kier molecular flexibility index (Phi) is 4.73. The van der Waals surface area contributed by atoms with Gasteiger partial charge in [-0.15, -0.1) is 0 Å². The van der Waals surface area contributed by atoms with E-state index in [2.05, 4.69) is 25.9 Å². The van der Waals surface area contributed by atoms with Gasteiger partial charge in [0.25, 0.3) is 0 Å². The number of carboxylic acids is 1. The van der Waals surface area contributed by atoms with Crippen molar-refractivity contribution < 1.29 is 14.6 Å². The lowest BCUT2D eigenvalue weighted by Gasteiger charge is -2.07. The lowest BCUT2D eigenvalue weighted by Crippen LogP contribution is -2.02. The number of benzene rings is 1. The summed E-state index contributed by atoms with van der Waals surface area (Å²) in [6, 6.07) is 5.64.